The SMILES string of the molecule is FC(F)Sc1ccc(N=NC2=NCCS2)cc1. The summed E-state index contributed by atoms with van der Waals surface area (Å²) in [5.74, 6) is -1.45. The van der Waals surface area contributed by atoms with Gasteiger partial charge >= 0.3 is 0 Å². The Morgan fingerprint density at radius 3 is 2.59 bits per heavy atom. The van der Waals surface area contributed by atoms with E-state index in [0.717, 1.165) is 12.3 Å². The van der Waals surface area contributed by atoms with E-state index in [1.165, 1.54) is 0 Å². The number of hydrogen-bond donors (Lipinski definition) is 0. The Morgan fingerprint density at radius 2 is 2.00 bits per heavy atom. The van der Waals surface area contributed by atoms with Gasteiger partial charge in [0, 0.05) is 10.6 Å². The first-order valence-corrected chi connectivity index (χ1v) is 6.74. The van der Waals surface area contributed by atoms with E-state index < -0.39 is 5.76 Å². The molecule has 1 aromatic rings. The van der Waals surface area contributed by atoms with Crippen molar-refractivity contribution in [2.45, 2.75) is 10.7 Å². The Kier molecular flexibility index (Phi) is 4.49. The molecule has 1 aromatic carbocycles. The van der Waals surface area contributed by atoms with Gasteiger partial charge in [0.25, 0.3) is 5.76 Å². The number of nitrogens with zero attached hydrogens (tertiary/aromatic N) is 3. The molecule has 1 aliphatic heterocycles. The quantitative estimate of drug-likeness (QED) is 0.611. The summed E-state index contributed by atoms with van der Waals surface area (Å²) in [7, 11) is 0. The van der Waals surface area contributed by atoms with E-state index in [9.17, 15) is 8.78 Å². The summed E-state index contributed by atoms with van der Waals surface area (Å²) in [5.41, 5.74) is 0.638. The molecular weight excluding hydrogens is 264 g/mol. The van der Waals surface area contributed by atoms with Gasteiger partial charge in [0.05, 0.1) is 12.2 Å². The van der Waals surface area contributed by atoms with Crippen LogP contribution in [0.5, 0.6) is 0 Å². The highest BCUT2D eigenvalue weighted by atomic mass is 32.2. The second-order valence-corrected chi connectivity index (χ2v) is 5.21. The molecule has 7 heteroatoms. The van der Waals surface area contributed by atoms with E-state index in [2.05, 4.69) is 15.2 Å². The first-order chi connectivity index (χ1) is 8.24. The zero-order chi connectivity index (χ0) is 12.1. The van der Waals surface area contributed by atoms with Crippen LogP contribution in [-0.4, -0.2) is 23.2 Å². The second kappa shape index (κ2) is 6.11. The Balaban J connectivity index is 1.97. The van der Waals surface area contributed by atoms with Crippen LogP contribution in [0, 0.1) is 0 Å². The third-order valence-electron chi connectivity index (χ3n) is 1.88. The molecule has 0 amide bonds. The van der Waals surface area contributed by atoms with Crippen molar-refractivity contribution in [1.29, 1.82) is 0 Å². The lowest BCUT2D eigenvalue weighted by atomic mass is 10.3. The van der Waals surface area contributed by atoms with Gasteiger partial charge in [0.1, 0.15) is 0 Å². The van der Waals surface area contributed by atoms with Crippen LogP contribution in [0.4, 0.5) is 14.5 Å². The van der Waals surface area contributed by atoms with Crippen LogP contribution in [0.2, 0.25) is 0 Å². The summed E-state index contributed by atoms with van der Waals surface area (Å²) in [6, 6.07) is 6.53. The molecule has 0 aromatic heterocycles. The molecule has 3 nitrogen and oxygen atoms in total. The maximum Gasteiger partial charge on any atom is 0.288 e. The van der Waals surface area contributed by atoms with Crippen molar-refractivity contribution < 1.29 is 8.78 Å². The zero-order valence-corrected chi connectivity index (χ0v) is 10.3. The summed E-state index contributed by atoms with van der Waals surface area (Å²) in [6.45, 7) is 0.781. The predicted octanol–water partition coefficient (Wildman–Crippen LogP) is 4.19. The molecule has 0 aliphatic carbocycles. The van der Waals surface area contributed by atoms with Gasteiger partial charge in [-0.05, 0) is 24.3 Å². The van der Waals surface area contributed by atoms with Crippen molar-refractivity contribution in [3.8, 4) is 0 Å². The monoisotopic (exact) mass is 273 g/mol. The van der Waals surface area contributed by atoms with Gasteiger partial charge < -0.3 is 0 Å². The minimum absolute atomic E-state index is 0.517. The van der Waals surface area contributed by atoms with Gasteiger partial charge in [0.15, 0.2) is 0 Å². The number of azo groups is 1. The molecule has 0 N–H and O–H groups in total. The number of thioether (sulfide) groups is 2. The number of halogens is 2. The van der Waals surface area contributed by atoms with E-state index in [0.29, 0.717) is 27.5 Å². The van der Waals surface area contributed by atoms with Crippen molar-refractivity contribution in [1.82, 2.24) is 0 Å². The average molecular weight is 273 g/mol. The lowest BCUT2D eigenvalue weighted by Gasteiger charge is -1.99. The van der Waals surface area contributed by atoms with Gasteiger partial charge in [-0.15, -0.1) is 10.2 Å². The molecule has 0 bridgehead atoms. The first kappa shape index (κ1) is 12.5. The summed E-state index contributed by atoms with van der Waals surface area (Å²) in [4.78, 5) is 4.64. The second-order valence-electron chi connectivity index (χ2n) is 3.09. The molecule has 1 heterocycles. The van der Waals surface area contributed by atoms with Crippen LogP contribution in [0.1, 0.15) is 0 Å². The summed E-state index contributed by atoms with van der Waals surface area (Å²) >= 11 is 2.08. The number of benzene rings is 1. The maximum absolute atomic E-state index is 12.1. The Labute approximate surface area is 106 Å². The summed E-state index contributed by atoms with van der Waals surface area (Å²) in [6.07, 6.45) is 0. The van der Waals surface area contributed by atoms with Crippen molar-refractivity contribution in [2.75, 3.05) is 12.3 Å². The van der Waals surface area contributed by atoms with Crippen LogP contribution >= 0.6 is 23.5 Å². The molecule has 90 valence electrons. The fourth-order valence-electron chi connectivity index (χ4n) is 1.18. The highest BCUT2D eigenvalue weighted by Gasteiger charge is 2.06. The largest absolute Gasteiger partial charge is 0.288 e. The molecule has 0 atom stereocenters. The standard InChI is InChI=1S/C10H9F2N3S2/c11-9(12)17-8-3-1-7(2-4-8)14-15-10-13-5-6-16-10/h1-4,9H,5-6H2. The van der Waals surface area contributed by atoms with Crippen molar-refractivity contribution >= 4 is 34.4 Å². The van der Waals surface area contributed by atoms with Crippen LogP contribution in [0.25, 0.3) is 0 Å². The smallest absolute Gasteiger partial charge is 0.258 e. The molecule has 2 rings (SSSR count). The number of rotatable bonds is 3. The normalized spacial score (nSPS) is 15.8. The Hall–Kier alpha value is -0.950. The Bertz CT molecular complexity index is 432. The van der Waals surface area contributed by atoms with Crippen LogP contribution in [-0.2, 0) is 0 Å². The molecule has 17 heavy (non-hydrogen) atoms. The molecule has 0 radical (unpaired) electrons. The van der Waals surface area contributed by atoms with Gasteiger partial charge in [-0.25, -0.2) is 0 Å². The summed E-state index contributed by atoms with van der Waals surface area (Å²) in [5, 5.41) is 8.63. The van der Waals surface area contributed by atoms with Crippen LogP contribution in [0.3, 0.4) is 0 Å². The third kappa shape index (κ3) is 4.08. The van der Waals surface area contributed by atoms with Crippen LogP contribution in [0.15, 0.2) is 44.4 Å². The maximum atomic E-state index is 12.1. The number of aliphatic imine (C=N–C) groups is 1. The van der Waals surface area contributed by atoms with Crippen molar-refractivity contribution in [3.05, 3.63) is 24.3 Å². The van der Waals surface area contributed by atoms with E-state index >= 15 is 0 Å². The van der Waals surface area contributed by atoms with E-state index in [1.807, 2.05) is 0 Å². The summed E-state index contributed by atoms with van der Waals surface area (Å²) < 4.78 is 24.2. The average Bonchev–Trinajstić information content (AvgIpc) is 2.80. The third-order valence-corrected chi connectivity index (χ3v) is 3.46. The fourth-order valence-corrected chi connectivity index (χ4v) is 2.32. The molecule has 0 fully saturated rings. The van der Waals surface area contributed by atoms with Crippen LogP contribution < -0.4 is 0 Å². The van der Waals surface area contributed by atoms with Crippen molar-refractivity contribution in [3.63, 3.8) is 0 Å². The predicted molar refractivity (Wildman–Crippen MR) is 67.6 cm³/mol. The molecule has 1 aliphatic rings. The number of alkyl halides is 2. The first-order valence-electron chi connectivity index (χ1n) is 4.88. The topological polar surface area (TPSA) is 37.1 Å². The Morgan fingerprint density at radius 1 is 1.24 bits per heavy atom. The lowest BCUT2D eigenvalue weighted by Crippen LogP contribution is -1.80. The number of amidine groups is 1. The zero-order valence-electron chi connectivity index (χ0n) is 8.72. The van der Waals surface area contributed by atoms with Gasteiger partial charge in [0.2, 0.25) is 5.17 Å². The minimum atomic E-state index is -2.40. The minimum Gasteiger partial charge on any atom is -0.258 e. The van der Waals surface area contributed by atoms with Gasteiger partial charge in [-0.1, -0.05) is 23.5 Å². The fraction of sp³-hybridized carbons (Fsp3) is 0.300. The lowest BCUT2D eigenvalue weighted by molar-refractivity contribution is 0.252. The molecule has 0 saturated carbocycles. The van der Waals surface area contributed by atoms with E-state index in [4.69, 9.17) is 0 Å². The molecule has 0 saturated heterocycles. The van der Waals surface area contributed by atoms with E-state index in [-0.39, 0.29) is 0 Å². The van der Waals surface area contributed by atoms with Gasteiger partial charge in [-0.3, -0.25) is 4.99 Å². The van der Waals surface area contributed by atoms with E-state index in [1.54, 1.807) is 36.0 Å². The van der Waals surface area contributed by atoms with Crippen molar-refractivity contribution in [2.24, 2.45) is 15.2 Å². The number of hydrogen-bond acceptors (Lipinski definition) is 5. The molecular formula is C10H9F2N3S2. The molecule has 0 spiro atoms. The molecule has 0 unspecified atom stereocenters. The highest BCUT2D eigenvalue weighted by molar-refractivity contribution is 8.14. The van der Waals surface area contributed by atoms with Gasteiger partial charge in [-0.2, -0.15) is 8.78 Å². The highest BCUT2D eigenvalue weighted by Crippen LogP contribution is 2.27.